The normalized spacial score (nSPS) is 14.7. The molecule has 0 atom stereocenters. The molecule has 5 rings (SSSR count). The third-order valence-corrected chi connectivity index (χ3v) is 4.95. The highest BCUT2D eigenvalue weighted by atomic mass is 16.1. The predicted octanol–water partition coefficient (Wildman–Crippen LogP) is 3.46. The van der Waals surface area contributed by atoms with Gasteiger partial charge in [0.2, 0.25) is 0 Å². The Morgan fingerprint density at radius 1 is 1.04 bits per heavy atom. The molecule has 2 aliphatic rings. The van der Waals surface area contributed by atoms with Crippen LogP contribution in [0.5, 0.6) is 0 Å². The minimum absolute atomic E-state index is 0.256. The second-order valence-electron chi connectivity index (χ2n) is 6.37. The summed E-state index contributed by atoms with van der Waals surface area (Å²) in [6, 6.07) is 14.6. The standard InChI is InChI=1S/C21H15NO/c1-12-4-2-6-17-20(12)21-16-11-13-5-3-7-19(23)15(13)10-14(16)8-9-18(21)22-17/h2,4-6,8-11H,3,7H2,1H3. The number of Topliss-reactive ketones (excluding diaryl/α,β-unsaturated/α-hetero) is 1. The molecule has 0 spiro atoms. The molecule has 3 aromatic rings. The van der Waals surface area contributed by atoms with Gasteiger partial charge in [-0.05, 0) is 59.2 Å². The van der Waals surface area contributed by atoms with Crippen molar-refractivity contribution >= 4 is 28.3 Å². The minimum Gasteiger partial charge on any atom is -0.294 e. The second-order valence-corrected chi connectivity index (χ2v) is 6.37. The zero-order valence-electron chi connectivity index (χ0n) is 12.9. The Bertz CT molecular complexity index is 1240. The van der Waals surface area contributed by atoms with Crippen molar-refractivity contribution in [3.63, 3.8) is 0 Å². The molecular formula is C21H15NO. The summed E-state index contributed by atoms with van der Waals surface area (Å²) in [5.74, 6) is 0.256. The van der Waals surface area contributed by atoms with E-state index in [4.69, 9.17) is 4.99 Å². The smallest absolute Gasteiger partial charge is 0.163 e. The average molecular weight is 297 g/mol. The van der Waals surface area contributed by atoms with Gasteiger partial charge in [-0.25, -0.2) is 4.99 Å². The first kappa shape index (κ1) is 12.8. The first-order chi connectivity index (χ1) is 11.2. The summed E-state index contributed by atoms with van der Waals surface area (Å²) in [7, 11) is 0. The first-order valence-electron chi connectivity index (χ1n) is 8.01. The van der Waals surface area contributed by atoms with Gasteiger partial charge in [-0.3, -0.25) is 4.79 Å². The molecule has 1 aliphatic carbocycles. The number of benzene rings is 3. The molecule has 0 bridgehead atoms. The molecular weight excluding hydrogens is 282 g/mol. The van der Waals surface area contributed by atoms with Crippen LogP contribution in [0.2, 0.25) is 0 Å². The van der Waals surface area contributed by atoms with Crippen LogP contribution in [0, 0.1) is 17.4 Å². The Balaban J connectivity index is 2.08. The van der Waals surface area contributed by atoms with Crippen molar-refractivity contribution in [3.05, 3.63) is 74.6 Å². The van der Waals surface area contributed by atoms with E-state index < -0.39 is 0 Å². The summed E-state index contributed by atoms with van der Waals surface area (Å²) >= 11 is 0. The van der Waals surface area contributed by atoms with Crippen molar-refractivity contribution in [3.8, 4) is 0 Å². The van der Waals surface area contributed by atoms with E-state index in [0.29, 0.717) is 6.42 Å². The predicted molar refractivity (Wildman–Crippen MR) is 91.3 cm³/mol. The van der Waals surface area contributed by atoms with Gasteiger partial charge in [0.25, 0.3) is 0 Å². The molecule has 1 heterocycles. The summed E-state index contributed by atoms with van der Waals surface area (Å²) < 4.78 is 0. The lowest BCUT2D eigenvalue weighted by Crippen LogP contribution is -2.18. The third-order valence-electron chi connectivity index (χ3n) is 4.95. The van der Waals surface area contributed by atoms with Crippen molar-refractivity contribution in [1.29, 1.82) is 0 Å². The zero-order chi connectivity index (χ0) is 15.6. The molecule has 1 aliphatic heterocycles. The van der Waals surface area contributed by atoms with Crippen LogP contribution in [0.25, 0.3) is 16.8 Å². The third kappa shape index (κ3) is 1.69. The molecule has 0 aromatic heterocycles. The largest absolute Gasteiger partial charge is 0.294 e. The van der Waals surface area contributed by atoms with E-state index in [9.17, 15) is 4.79 Å². The van der Waals surface area contributed by atoms with Gasteiger partial charge in [-0.15, -0.1) is 0 Å². The number of nitrogens with zero attached hydrogens (tertiary/aromatic N) is 1. The van der Waals surface area contributed by atoms with Crippen LogP contribution >= 0.6 is 0 Å². The highest BCUT2D eigenvalue weighted by molar-refractivity contribution is 6.02. The zero-order valence-corrected chi connectivity index (χ0v) is 12.9. The van der Waals surface area contributed by atoms with Crippen LogP contribution in [0.4, 0.5) is 5.69 Å². The van der Waals surface area contributed by atoms with Gasteiger partial charge >= 0.3 is 0 Å². The van der Waals surface area contributed by atoms with Gasteiger partial charge in [0.1, 0.15) is 0 Å². The minimum atomic E-state index is 0.256. The van der Waals surface area contributed by atoms with Gasteiger partial charge in [0, 0.05) is 22.4 Å². The lowest BCUT2D eigenvalue weighted by Gasteiger charge is -2.10. The van der Waals surface area contributed by atoms with Crippen molar-refractivity contribution in [1.82, 2.24) is 0 Å². The second kappa shape index (κ2) is 4.39. The van der Waals surface area contributed by atoms with Crippen LogP contribution in [0.3, 0.4) is 0 Å². The van der Waals surface area contributed by atoms with E-state index in [2.05, 4.69) is 55.5 Å². The van der Waals surface area contributed by atoms with Crippen molar-refractivity contribution < 1.29 is 4.79 Å². The maximum Gasteiger partial charge on any atom is 0.163 e. The number of carbonyl (C=O) groups excluding carboxylic acids is 1. The summed E-state index contributed by atoms with van der Waals surface area (Å²) in [4.78, 5) is 17.0. The molecule has 0 fully saturated rings. The van der Waals surface area contributed by atoms with Crippen molar-refractivity contribution in [2.75, 3.05) is 0 Å². The van der Waals surface area contributed by atoms with Crippen LogP contribution in [-0.4, -0.2) is 5.78 Å². The topological polar surface area (TPSA) is 29.4 Å². The van der Waals surface area contributed by atoms with Gasteiger partial charge in [-0.2, -0.15) is 0 Å². The molecule has 0 N–H and O–H groups in total. The molecule has 0 saturated heterocycles. The Hall–Kier alpha value is -2.74. The Morgan fingerprint density at radius 2 is 1.96 bits per heavy atom. The molecule has 0 amide bonds. The number of fused-ring (bicyclic) bond motifs is 5. The molecule has 23 heavy (non-hydrogen) atoms. The Morgan fingerprint density at radius 3 is 2.87 bits per heavy atom. The first-order valence-corrected chi connectivity index (χ1v) is 8.01. The van der Waals surface area contributed by atoms with Gasteiger partial charge in [-0.1, -0.05) is 24.3 Å². The highest BCUT2D eigenvalue weighted by Crippen LogP contribution is 2.27. The van der Waals surface area contributed by atoms with Crippen LogP contribution in [-0.2, 0) is 0 Å². The Kier molecular flexibility index (Phi) is 2.44. The monoisotopic (exact) mass is 297 g/mol. The number of aryl methyl sites for hydroxylation is 1. The fourth-order valence-corrected chi connectivity index (χ4v) is 3.84. The quantitative estimate of drug-likeness (QED) is 0.489. The summed E-state index contributed by atoms with van der Waals surface area (Å²) in [6.07, 6.45) is 3.65. The van der Waals surface area contributed by atoms with Crippen LogP contribution < -0.4 is 10.6 Å². The van der Waals surface area contributed by atoms with E-state index >= 15 is 0 Å². The van der Waals surface area contributed by atoms with E-state index in [0.717, 1.165) is 33.6 Å². The molecule has 3 aromatic carbocycles. The van der Waals surface area contributed by atoms with Gasteiger partial charge in [0.15, 0.2) is 5.78 Å². The van der Waals surface area contributed by atoms with Crippen molar-refractivity contribution in [2.45, 2.75) is 19.8 Å². The highest BCUT2D eigenvalue weighted by Gasteiger charge is 2.15. The Labute approximate surface area is 133 Å². The van der Waals surface area contributed by atoms with E-state index in [1.165, 1.54) is 21.4 Å². The fraction of sp³-hybridized carbons (Fsp3) is 0.143. The molecule has 110 valence electrons. The molecule has 2 nitrogen and oxygen atoms in total. The number of hydrogen-bond acceptors (Lipinski definition) is 2. The van der Waals surface area contributed by atoms with Crippen molar-refractivity contribution in [2.24, 2.45) is 4.99 Å². The van der Waals surface area contributed by atoms with Crippen LogP contribution in [0.1, 0.15) is 28.8 Å². The number of ketones is 1. The maximum atomic E-state index is 12.2. The molecule has 0 radical (unpaired) electrons. The SMILES string of the molecule is Cc1cccc2c1=c1c(ccc3cc4c(cc13)=CCCC4=O)N=2. The number of rotatable bonds is 0. The van der Waals surface area contributed by atoms with Crippen LogP contribution in [0.15, 0.2) is 47.5 Å². The fourth-order valence-electron chi connectivity index (χ4n) is 3.84. The van der Waals surface area contributed by atoms with Gasteiger partial charge < -0.3 is 0 Å². The molecule has 2 heteroatoms. The lowest BCUT2D eigenvalue weighted by molar-refractivity contribution is 0.0981. The lowest BCUT2D eigenvalue weighted by atomic mass is 9.93. The van der Waals surface area contributed by atoms with Gasteiger partial charge in [0.05, 0.1) is 11.0 Å². The molecule has 0 unspecified atom stereocenters. The summed E-state index contributed by atoms with van der Waals surface area (Å²) in [5, 5.41) is 6.89. The average Bonchev–Trinajstić information content (AvgIpc) is 2.94. The number of carbonyl (C=O) groups is 1. The van der Waals surface area contributed by atoms with E-state index in [-0.39, 0.29) is 5.78 Å². The number of hydrogen-bond donors (Lipinski definition) is 0. The molecule has 0 saturated carbocycles. The summed E-state index contributed by atoms with van der Waals surface area (Å²) in [5.41, 5.74) is 3.14. The summed E-state index contributed by atoms with van der Waals surface area (Å²) in [6.45, 7) is 2.14. The van der Waals surface area contributed by atoms with E-state index in [1.807, 2.05) is 0 Å². The maximum absolute atomic E-state index is 12.2. The van der Waals surface area contributed by atoms with E-state index in [1.54, 1.807) is 0 Å².